The number of hydrogen-bond acceptors (Lipinski definition) is 4. The molecule has 0 spiro atoms. The zero-order valence-electron chi connectivity index (χ0n) is 16.7. The quantitative estimate of drug-likeness (QED) is 0.788. The molecule has 27 heavy (non-hydrogen) atoms. The van der Waals surface area contributed by atoms with Crippen molar-refractivity contribution < 1.29 is 9.53 Å². The average molecular weight is 374 g/mol. The van der Waals surface area contributed by atoms with Crippen molar-refractivity contribution in [2.75, 3.05) is 6.61 Å². The molecule has 2 aromatic heterocycles. The Morgan fingerprint density at radius 3 is 2.67 bits per heavy atom. The number of nitrogens with one attached hydrogen (secondary N) is 1. The summed E-state index contributed by atoms with van der Waals surface area (Å²) in [6.07, 6.45) is 8.01. The predicted octanol–water partition coefficient (Wildman–Crippen LogP) is 2.44. The van der Waals surface area contributed by atoms with Gasteiger partial charge in [0.1, 0.15) is 0 Å². The summed E-state index contributed by atoms with van der Waals surface area (Å²) in [4.78, 5) is 25.4. The van der Waals surface area contributed by atoms with Crippen molar-refractivity contribution in [3.8, 4) is 0 Å². The fraction of sp³-hybridized carbons (Fsp3) is 0.650. The number of amides is 1. The lowest BCUT2D eigenvalue weighted by Crippen LogP contribution is -2.39. The van der Waals surface area contributed by atoms with Crippen LogP contribution in [0.25, 0.3) is 10.9 Å². The first-order valence-electron chi connectivity index (χ1n) is 9.87. The molecule has 1 amide bonds. The Kier molecular flexibility index (Phi) is 5.99. The SMILES string of the molecule is CCCCOC1CCC(NC(=O)c2nn(C)c3c(C)cn(C)c(=O)c23)CC1. The Bertz CT molecular complexity index is 875. The second kappa shape index (κ2) is 8.25. The zero-order chi connectivity index (χ0) is 19.6. The summed E-state index contributed by atoms with van der Waals surface area (Å²) in [5, 5.41) is 7.82. The molecule has 0 bridgehead atoms. The maximum atomic E-state index is 12.8. The largest absolute Gasteiger partial charge is 0.378 e. The van der Waals surface area contributed by atoms with E-state index in [9.17, 15) is 9.59 Å². The van der Waals surface area contributed by atoms with Crippen LogP contribution in [0.1, 0.15) is 61.5 Å². The van der Waals surface area contributed by atoms with Gasteiger partial charge in [0.15, 0.2) is 5.69 Å². The Balaban J connectivity index is 1.70. The lowest BCUT2D eigenvalue weighted by molar-refractivity contribution is 0.0209. The van der Waals surface area contributed by atoms with Crippen molar-refractivity contribution in [1.82, 2.24) is 19.7 Å². The molecule has 1 aliphatic rings. The van der Waals surface area contributed by atoms with Gasteiger partial charge in [0.2, 0.25) is 0 Å². The Hall–Kier alpha value is -2.15. The van der Waals surface area contributed by atoms with Crippen molar-refractivity contribution in [3.63, 3.8) is 0 Å². The molecule has 0 saturated heterocycles. The van der Waals surface area contributed by atoms with Gasteiger partial charge in [0, 0.05) is 32.9 Å². The van der Waals surface area contributed by atoms with E-state index < -0.39 is 0 Å². The molecule has 0 aliphatic heterocycles. The number of aryl methyl sites for hydroxylation is 3. The molecule has 0 radical (unpaired) electrons. The van der Waals surface area contributed by atoms with Gasteiger partial charge in [0.25, 0.3) is 11.5 Å². The smallest absolute Gasteiger partial charge is 0.272 e. The van der Waals surface area contributed by atoms with Gasteiger partial charge < -0.3 is 14.6 Å². The second-order valence-corrected chi connectivity index (χ2v) is 7.60. The zero-order valence-corrected chi connectivity index (χ0v) is 16.7. The van der Waals surface area contributed by atoms with Crippen LogP contribution in [0.15, 0.2) is 11.0 Å². The summed E-state index contributed by atoms with van der Waals surface area (Å²) in [5.41, 5.74) is 1.67. The third-order valence-electron chi connectivity index (χ3n) is 5.42. The second-order valence-electron chi connectivity index (χ2n) is 7.60. The number of pyridine rings is 1. The van der Waals surface area contributed by atoms with Crippen LogP contribution in [0.4, 0.5) is 0 Å². The van der Waals surface area contributed by atoms with E-state index in [0.717, 1.165) is 56.2 Å². The van der Waals surface area contributed by atoms with Crippen molar-refractivity contribution >= 4 is 16.8 Å². The molecule has 0 unspecified atom stereocenters. The van der Waals surface area contributed by atoms with Gasteiger partial charge in [-0.15, -0.1) is 0 Å². The highest BCUT2D eigenvalue weighted by molar-refractivity contribution is 6.05. The molecule has 0 atom stereocenters. The first-order valence-corrected chi connectivity index (χ1v) is 9.87. The fourth-order valence-corrected chi connectivity index (χ4v) is 3.95. The Labute approximate surface area is 159 Å². The highest BCUT2D eigenvalue weighted by Crippen LogP contribution is 2.23. The van der Waals surface area contributed by atoms with Gasteiger partial charge in [-0.3, -0.25) is 14.3 Å². The molecule has 2 aromatic rings. The van der Waals surface area contributed by atoms with Gasteiger partial charge in [-0.1, -0.05) is 13.3 Å². The van der Waals surface area contributed by atoms with E-state index in [-0.39, 0.29) is 23.2 Å². The van der Waals surface area contributed by atoms with Crippen LogP contribution in [0, 0.1) is 6.92 Å². The van der Waals surface area contributed by atoms with E-state index in [1.165, 1.54) is 4.57 Å². The Morgan fingerprint density at radius 2 is 2.00 bits per heavy atom. The molecule has 148 valence electrons. The molecule has 1 aliphatic carbocycles. The summed E-state index contributed by atoms with van der Waals surface area (Å²) in [6.45, 7) is 4.90. The van der Waals surface area contributed by atoms with E-state index in [2.05, 4.69) is 17.3 Å². The van der Waals surface area contributed by atoms with Crippen molar-refractivity contribution in [2.45, 2.75) is 64.5 Å². The van der Waals surface area contributed by atoms with Gasteiger partial charge in [-0.2, -0.15) is 5.10 Å². The summed E-state index contributed by atoms with van der Waals surface area (Å²) >= 11 is 0. The van der Waals surface area contributed by atoms with Crippen LogP contribution in [-0.4, -0.2) is 39.0 Å². The molecule has 1 fully saturated rings. The van der Waals surface area contributed by atoms with Crippen LogP contribution in [0.3, 0.4) is 0 Å². The summed E-state index contributed by atoms with van der Waals surface area (Å²) in [6, 6.07) is 0.106. The van der Waals surface area contributed by atoms with Crippen LogP contribution in [0.2, 0.25) is 0 Å². The number of fused-ring (bicyclic) bond motifs is 1. The van der Waals surface area contributed by atoms with Crippen LogP contribution in [0.5, 0.6) is 0 Å². The minimum atomic E-state index is -0.265. The van der Waals surface area contributed by atoms with Crippen LogP contribution >= 0.6 is 0 Å². The van der Waals surface area contributed by atoms with E-state index in [1.807, 2.05) is 6.92 Å². The highest BCUT2D eigenvalue weighted by atomic mass is 16.5. The van der Waals surface area contributed by atoms with Gasteiger partial charge in [0.05, 0.1) is 17.0 Å². The van der Waals surface area contributed by atoms with E-state index >= 15 is 0 Å². The van der Waals surface area contributed by atoms with Crippen molar-refractivity contribution in [1.29, 1.82) is 0 Å². The molecule has 0 aromatic carbocycles. The van der Waals surface area contributed by atoms with Gasteiger partial charge >= 0.3 is 0 Å². The molecule has 3 rings (SSSR count). The van der Waals surface area contributed by atoms with E-state index in [1.54, 1.807) is 25.0 Å². The molecular formula is C20H30N4O3. The van der Waals surface area contributed by atoms with Gasteiger partial charge in [-0.05, 0) is 44.6 Å². The number of carbonyl (C=O) groups excluding carboxylic acids is 1. The summed E-state index contributed by atoms with van der Waals surface area (Å²) < 4.78 is 9.03. The first kappa shape index (κ1) is 19.6. The maximum Gasteiger partial charge on any atom is 0.272 e. The fourth-order valence-electron chi connectivity index (χ4n) is 3.95. The number of nitrogens with zero attached hydrogens (tertiary/aromatic N) is 3. The molecule has 7 nitrogen and oxygen atoms in total. The molecular weight excluding hydrogens is 344 g/mol. The highest BCUT2D eigenvalue weighted by Gasteiger charge is 2.26. The maximum absolute atomic E-state index is 12.8. The van der Waals surface area contributed by atoms with E-state index in [0.29, 0.717) is 11.5 Å². The molecule has 1 saturated carbocycles. The van der Waals surface area contributed by atoms with Crippen LogP contribution < -0.4 is 10.9 Å². The Morgan fingerprint density at radius 1 is 1.30 bits per heavy atom. The number of hydrogen-bond donors (Lipinski definition) is 1. The lowest BCUT2D eigenvalue weighted by atomic mass is 9.93. The normalized spacial score (nSPS) is 20.1. The number of ether oxygens (including phenoxy) is 1. The number of rotatable bonds is 6. The summed E-state index contributed by atoms with van der Waals surface area (Å²) in [7, 11) is 3.47. The van der Waals surface area contributed by atoms with Crippen LogP contribution in [-0.2, 0) is 18.8 Å². The predicted molar refractivity (Wildman–Crippen MR) is 105 cm³/mol. The third-order valence-corrected chi connectivity index (χ3v) is 5.42. The minimum Gasteiger partial charge on any atom is -0.378 e. The monoisotopic (exact) mass is 374 g/mol. The number of unbranched alkanes of at least 4 members (excludes halogenated alkanes) is 1. The molecule has 7 heteroatoms. The third kappa shape index (κ3) is 4.08. The standard InChI is InChI=1S/C20H30N4O3/c1-5-6-11-27-15-9-7-14(8-10-15)21-19(25)17-16-18(24(4)22-17)13(2)12-23(3)20(16)26/h12,14-15H,5-11H2,1-4H3,(H,21,25). The number of carbonyl (C=O) groups is 1. The topological polar surface area (TPSA) is 78.2 Å². The molecule has 1 N–H and O–H groups in total. The average Bonchev–Trinajstić information content (AvgIpc) is 2.99. The lowest BCUT2D eigenvalue weighted by Gasteiger charge is -2.29. The molecule has 2 heterocycles. The number of aromatic nitrogens is 3. The van der Waals surface area contributed by atoms with Crippen molar-refractivity contribution in [3.05, 3.63) is 27.8 Å². The minimum absolute atomic E-state index is 0.106. The first-order chi connectivity index (χ1) is 12.9. The van der Waals surface area contributed by atoms with E-state index in [4.69, 9.17) is 4.74 Å². The summed E-state index contributed by atoms with van der Waals surface area (Å²) in [5.74, 6) is -0.265. The van der Waals surface area contributed by atoms with Gasteiger partial charge in [-0.25, -0.2) is 0 Å². The van der Waals surface area contributed by atoms with Crippen molar-refractivity contribution in [2.24, 2.45) is 14.1 Å².